The molecule has 6 nitrogen and oxygen atoms in total. The van der Waals surface area contributed by atoms with Gasteiger partial charge >= 0.3 is 0 Å². The summed E-state index contributed by atoms with van der Waals surface area (Å²) < 4.78 is 2.12. The fourth-order valence-electron chi connectivity index (χ4n) is 4.33. The second-order valence-electron chi connectivity index (χ2n) is 8.27. The topological polar surface area (TPSA) is 72.7 Å². The normalized spacial score (nSPS) is 15.1. The van der Waals surface area contributed by atoms with E-state index >= 15 is 0 Å². The number of para-hydroxylation sites is 1. The van der Waals surface area contributed by atoms with Gasteiger partial charge in [0, 0.05) is 24.0 Å². The van der Waals surface area contributed by atoms with Gasteiger partial charge in [0.1, 0.15) is 0 Å². The Morgan fingerprint density at radius 3 is 2.47 bits per heavy atom. The van der Waals surface area contributed by atoms with Gasteiger partial charge < -0.3 is 5.32 Å². The van der Waals surface area contributed by atoms with Gasteiger partial charge in [-0.2, -0.15) is 0 Å². The van der Waals surface area contributed by atoms with Crippen molar-refractivity contribution < 1.29 is 4.79 Å². The first kappa shape index (κ1) is 22.5. The molecule has 1 unspecified atom stereocenters. The molecule has 0 spiro atoms. The van der Waals surface area contributed by atoms with E-state index in [9.17, 15) is 4.79 Å². The molecule has 1 atom stereocenters. The molecule has 1 amide bonds. The fraction of sp³-hybridized carbons (Fsp3) is 0.440. The lowest BCUT2D eigenvalue weighted by molar-refractivity contribution is -0.120. The maximum Gasteiger partial charge on any atom is 0.233 e. The van der Waals surface area contributed by atoms with Crippen molar-refractivity contribution in [1.82, 2.24) is 25.1 Å². The molecule has 4 rings (SSSR count). The number of rotatable bonds is 8. The molecule has 7 heteroatoms. The first-order valence-electron chi connectivity index (χ1n) is 11.6. The number of benzene rings is 1. The molecule has 1 fully saturated rings. The molecular weight excluding hydrogens is 418 g/mol. The largest absolute Gasteiger partial charge is 0.352 e. The molecule has 1 saturated carbocycles. The van der Waals surface area contributed by atoms with Crippen LogP contribution in [-0.4, -0.2) is 36.9 Å². The molecule has 1 aliphatic rings. The summed E-state index contributed by atoms with van der Waals surface area (Å²) in [6.45, 7) is 6.28. The van der Waals surface area contributed by atoms with Gasteiger partial charge in [-0.25, -0.2) is 0 Å². The first-order valence-corrected chi connectivity index (χ1v) is 12.4. The molecule has 1 N–H and O–H groups in total. The average molecular weight is 450 g/mol. The number of pyridine rings is 1. The maximum atomic E-state index is 12.9. The van der Waals surface area contributed by atoms with Crippen LogP contribution in [0.2, 0.25) is 0 Å². The number of aromatic nitrogens is 4. The highest BCUT2D eigenvalue weighted by molar-refractivity contribution is 8.00. The standard InChI is InChI=1S/C25H31N5OS/c1-4-18-10-8-11-19(5-2)22(18)30-23(20-12-9-15-26-16-20)28-29-25(30)32-17(3)24(31)27-21-13-6-7-14-21/h8-12,15-17,21H,4-7,13-14H2,1-3H3,(H,27,31). The van der Waals surface area contributed by atoms with Crippen molar-refractivity contribution in [2.75, 3.05) is 0 Å². The Bertz CT molecular complexity index is 1040. The van der Waals surface area contributed by atoms with E-state index in [0.717, 1.165) is 47.9 Å². The fourth-order valence-corrected chi connectivity index (χ4v) is 5.19. The number of hydrogen-bond acceptors (Lipinski definition) is 5. The molecule has 168 valence electrons. The SMILES string of the molecule is CCc1cccc(CC)c1-n1c(SC(C)C(=O)NC2CCCC2)nnc1-c1cccnc1. The second kappa shape index (κ2) is 10.3. The van der Waals surface area contributed by atoms with Crippen LogP contribution in [-0.2, 0) is 17.6 Å². The Kier molecular flexibility index (Phi) is 7.25. The number of nitrogens with zero attached hydrogens (tertiary/aromatic N) is 4. The second-order valence-corrected chi connectivity index (χ2v) is 9.57. The highest BCUT2D eigenvalue weighted by Gasteiger charge is 2.26. The first-order chi connectivity index (χ1) is 15.6. The molecule has 1 aromatic carbocycles. The van der Waals surface area contributed by atoms with Crippen molar-refractivity contribution in [2.45, 2.75) is 75.7 Å². The molecule has 32 heavy (non-hydrogen) atoms. The van der Waals surface area contributed by atoms with Gasteiger partial charge in [-0.15, -0.1) is 10.2 Å². The predicted octanol–water partition coefficient (Wildman–Crippen LogP) is 4.99. The van der Waals surface area contributed by atoms with Crippen molar-refractivity contribution in [3.63, 3.8) is 0 Å². The van der Waals surface area contributed by atoms with Crippen LogP contribution >= 0.6 is 11.8 Å². The number of nitrogens with one attached hydrogen (secondary N) is 1. The van der Waals surface area contributed by atoms with E-state index in [2.05, 4.69) is 57.1 Å². The van der Waals surface area contributed by atoms with E-state index in [4.69, 9.17) is 0 Å². The molecule has 2 aromatic heterocycles. The number of amides is 1. The summed E-state index contributed by atoms with van der Waals surface area (Å²) in [7, 11) is 0. The van der Waals surface area contributed by atoms with E-state index in [1.54, 1.807) is 6.20 Å². The molecule has 0 radical (unpaired) electrons. The van der Waals surface area contributed by atoms with Crippen LogP contribution in [0.4, 0.5) is 0 Å². The Labute approximate surface area is 194 Å². The Morgan fingerprint density at radius 2 is 1.84 bits per heavy atom. The number of carbonyl (C=O) groups excluding carboxylic acids is 1. The minimum Gasteiger partial charge on any atom is -0.352 e. The quantitative estimate of drug-likeness (QED) is 0.490. The predicted molar refractivity (Wildman–Crippen MR) is 129 cm³/mol. The van der Waals surface area contributed by atoms with Crippen molar-refractivity contribution in [3.05, 3.63) is 53.9 Å². The van der Waals surface area contributed by atoms with Gasteiger partial charge in [0.15, 0.2) is 11.0 Å². The summed E-state index contributed by atoms with van der Waals surface area (Å²) in [5.74, 6) is 0.818. The van der Waals surface area contributed by atoms with E-state index < -0.39 is 0 Å². The third-order valence-electron chi connectivity index (χ3n) is 6.09. The highest BCUT2D eigenvalue weighted by Crippen LogP contribution is 2.33. The summed E-state index contributed by atoms with van der Waals surface area (Å²) in [5, 5.41) is 12.8. The number of hydrogen-bond donors (Lipinski definition) is 1. The molecule has 0 bridgehead atoms. The molecule has 1 aliphatic carbocycles. The molecular formula is C25H31N5OS. The maximum absolute atomic E-state index is 12.9. The lowest BCUT2D eigenvalue weighted by Gasteiger charge is -2.20. The van der Waals surface area contributed by atoms with Crippen molar-refractivity contribution in [2.24, 2.45) is 0 Å². The van der Waals surface area contributed by atoms with Crippen molar-refractivity contribution in [3.8, 4) is 17.1 Å². The zero-order valence-corrected chi connectivity index (χ0v) is 19.9. The molecule has 2 heterocycles. The van der Waals surface area contributed by atoms with Gasteiger partial charge in [-0.05, 0) is 55.9 Å². The third-order valence-corrected chi connectivity index (χ3v) is 7.14. The minimum absolute atomic E-state index is 0.0684. The van der Waals surface area contributed by atoms with Gasteiger partial charge in [-0.1, -0.05) is 56.7 Å². The van der Waals surface area contributed by atoms with Crippen molar-refractivity contribution in [1.29, 1.82) is 0 Å². The van der Waals surface area contributed by atoms with E-state index in [-0.39, 0.29) is 11.2 Å². The lowest BCUT2D eigenvalue weighted by Crippen LogP contribution is -2.37. The zero-order valence-electron chi connectivity index (χ0n) is 19.0. The van der Waals surface area contributed by atoms with Gasteiger partial charge in [0.25, 0.3) is 0 Å². The Morgan fingerprint density at radius 1 is 1.12 bits per heavy atom. The summed E-state index contributed by atoms with van der Waals surface area (Å²) in [6.07, 6.45) is 9.91. The minimum atomic E-state index is -0.265. The average Bonchev–Trinajstić information content (AvgIpc) is 3.48. The number of carbonyl (C=O) groups is 1. The van der Waals surface area contributed by atoms with Gasteiger partial charge in [0.05, 0.1) is 10.9 Å². The van der Waals surface area contributed by atoms with Crippen molar-refractivity contribution >= 4 is 17.7 Å². The molecule has 0 aliphatic heterocycles. The summed E-state index contributed by atoms with van der Waals surface area (Å²) >= 11 is 1.47. The summed E-state index contributed by atoms with van der Waals surface area (Å²) in [4.78, 5) is 17.2. The third kappa shape index (κ3) is 4.72. The van der Waals surface area contributed by atoms with Crippen LogP contribution < -0.4 is 5.32 Å². The van der Waals surface area contributed by atoms with Crippen LogP contribution in [0.25, 0.3) is 17.1 Å². The van der Waals surface area contributed by atoms with Crippen LogP contribution in [0.5, 0.6) is 0 Å². The molecule has 3 aromatic rings. The van der Waals surface area contributed by atoms with Crippen LogP contribution in [0.1, 0.15) is 57.6 Å². The zero-order chi connectivity index (χ0) is 22.5. The number of thioether (sulfide) groups is 1. The van der Waals surface area contributed by atoms with Crippen LogP contribution in [0.3, 0.4) is 0 Å². The van der Waals surface area contributed by atoms with E-state index in [0.29, 0.717) is 6.04 Å². The summed E-state index contributed by atoms with van der Waals surface area (Å²) in [6, 6.07) is 10.6. The van der Waals surface area contributed by atoms with E-state index in [1.807, 2.05) is 25.3 Å². The molecule has 0 saturated heterocycles. The van der Waals surface area contributed by atoms with Crippen LogP contribution in [0, 0.1) is 0 Å². The monoisotopic (exact) mass is 449 g/mol. The smallest absolute Gasteiger partial charge is 0.233 e. The van der Waals surface area contributed by atoms with E-state index in [1.165, 1.54) is 35.7 Å². The van der Waals surface area contributed by atoms with Crippen LogP contribution in [0.15, 0.2) is 47.9 Å². The Hall–Kier alpha value is -2.67. The summed E-state index contributed by atoms with van der Waals surface area (Å²) in [5.41, 5.74) is 4.49. The van der Waals surface area contributed by atoms with Gasteiger partial charge in [0.2, 0.25) is 5.91 Å². The lowest BCUT2D eigenvalue weighted by atomic mass is 10.0. The Balaban J connectivity index is 1.74. The van der Waals surface area contributed by atoms with Gasteiger partial charge in [-0.3, -0.25) is 14.3 Å². The number of aryl methyl sites for hydroxylation is 2. The highest BCUT2D eigenvalue weighted by atomic mass is 32.2.